The lowest BCUT2D eigenvalue weighted by Crippen LogP contribution is -2.19. The quantitative estimate of drug-likeness (QED) is 0.692. The monoisotopic (exact) mass is 169 g/mol. The molecule has 2 nitrogen and oxygen atoms in total. The van der Waals surface area contributed by atoms with Crippen LogP contribution >= 0.6 is 11.3 Å². The van der Waals surface area contributed by atoms with Crippen molar-refractivity contribution in [1.29, 1.82) is 0 Å². The average molecular weight is 169 g/mol. The number of thiophene rings is 1. The Kier molecular flexibility index (Phi) is 1.84. The van der Waals surface area contributed by atoms with Crippen LogP contribution in [0, 0.1) is 0 Å². The summed E-state index contributed by atoms with van der Waals surface area (Å²) in [6, 6.07) is 2.03. The molecule has 3 heteroatoms. The molecule has 0 saturated carbocycles. The Bertz CT molecular complexity index is 246. The number of rotatable bonds is 1. The smallest absolute Gasteiger partial charge is 0.133 e. The Morgan fingerprint density at radius 1 is 1.73 bits per heavy atom. The van der Waals surface area contributed by atoms with Gasteiger partial charge in [-0.1, -0.05) is 0 Å². The van der Waals surface area contributed by atoms with E-state index < -0.39 is 0 Å². The largest absolute Gasteiger partial charge is 0.492 e. The lowest BCUT2D eigenvalue weighted by atomic mass is 10.0. The van der Waals surface area contributed by atoms with Gasteiger partial charge >= 0.3 is 0 Å². The summed E-state index contributed by atoms with van der Waals surface area (Å²) in [5.41, 5.74) is 5.63. The number of hydrogen-bond donors (Lipinski definition) is 1. The van der Waals surface area contributed by atoms with E-state index in [9.17, 15) is 0 Å². The van der Waals surface area contributed by atoms with Crippen LogP contribution in [0.4, 0.5) is 0 Å². The molecule has 2 N–H and O–H groups in total. The fraction of sp³-hybridized carbons (Fsp3) is 0.500. The van der Waals surface area contributed by atoms with Gasteiger partial charge in [-0.15, -0.1) is 11.3 Å². The molecule has 0 aliphatic carbocycles. The molecule has 1 unspecified atom stereocenters. The third-order valence-electron chi connectivity index (χ3n) is 2.04. The Hall–Kier alpha value is -0.540. The van der Waals surface area contributed by atoms with Crippen molar-refractivity contribution in [2.75, 3.05) is 13.2 Å². The fourth-order valence-electron chi connectivity index (χ4n) is 1.39. The lowest BCUT2D eigenvalue weighted by Gasteiger charge is -2.20. The Balaban J connectivity index is 2.32. The predicted molar refractivity (Wildman–Crippen MR) is 46.2 cm³/mol. The van der Waals surface area contributed by atoms with Crippen molar-refractivity contribution >= 4 is 11.3 Å². The first kappa shape index (κ1) is 7.13. The number of ether oxygens (including phenoxy) is 1. The molecule has 1 atom stereocenters. The van der Waals surface area contributed by atoms with Crippen molar-refractivity contribution in [3.8, 4) is 5.75 Å². The topological polar surface area (TPSA) is 35.2 Å². The molecule has 1 aromatic heterocycles. The van der Waals surface area contributed by atoms with Crippen molar-refractivity contribution in [3.63, 3.8) is 0 Å². The zero-order valence-corrected chi connectivity index (χ0v) is 7.06. The van der Waals surface area contributed by atoms with Crippen molar-refractivity contribution in [2.24, 2.45) is 5.73 Å². The first-order chi connectivity index (χ1) is 5.42. The van der Waals surface area contributed by atoms with Gasteiger partial charge in [0, 0.05) is 12.5 Å². The van der Waals surface area contributed by atoms with E-state index in [-0.39, 0.29) is 0 Å². The Morgan fingerprint density at radius 3 is 3.45 bits per heavy atom. The highest BCUT2D eigenvalue weighted by Crippen LogP contribution is 2.36. The Morgan fingerprint density at radius 2 is 2.64 bits per heavy atom. The van der Waals surface area contributed by atoms with Crippen molar-refractivity contribution in [1.82, 2.24) is 0 Å². The van der Waals surface area contributed by atoms with Gasteiger partial charge in [-0.2, -0.15) is 0 Å². The molecule has 0 radical (unpaired) electrons. The minimum atomic E-state index is 0.541. The first-order valence-electron chi connectivity index (χ1n) is 3.82. The average Bonchev–Trinajstić information content (AvgIpc) is 2.50. The maximum Gasteiger partial charge on any atom is 0.133 e. The van der Waals surface area contributed by atoms with Crippen molar-refractivity contribution < 1.29 is 4.74 Å². The molecule has 0 aromatic carbocycles. The van der Waals surface area contributed by atoms with Gasteiger partial charge in [-0.25, -0.2) is 0 Å². The molecule has 1 aromatic rings. The zero-order valence-electron chi connectivity index (χ0n) is 6.25. The van der Waals surface area contributed by atoms with Crippen LogP contribution in [0.1, 0.15) is 17.2 Å². The van der Waals surface area contributed by atoms with Crippen molar-refractivity contribution in [2.45, 2.75) is 12.3 Å². The molecule has 0 amide bonds. The molecular formula is C8H11NOS. The van der Waals surface area contributed by atoms with E-state index >= 15 is 0 Å². The standard InChI is InChI=1S/C8H11NOS/c9-5-6-1-3-10-7-2-4-11-8(6)7/h2,4,6H,1,3,5,9H2. The SMILES string of the molecule is NCC1CCOc2ccsc21. The second-order valence-corrected chi connectivity index (χ2v) is 3.67. The van der Waals surface area contributed by atoms with E-state index in [4.69, 9.17) is 10.5 Å². The van der Waals surface area contributed by atoms with Gasteiger partial charge in [0.1, 0.15) is 5.75 Å². The van der Waals surface area contributed by atoms with Crippen LogP contribution in [0.2, 0.25) is 0 Å². The summed E-state index contributed by atoms with van der Waals surface area (Å²) in [5, 5.41) is 2.07. The van der Waals surface area contributed by atoms with E-state index in [1.165, 1.54) is 4.88 Å². The number of nitrogens with two attached hydrogens (primary N) is 1. The molecule has 0 spiro atoms. The number of fused-ring (bicyclic) bond motifs is 1. The van der Waals surface area contributed by atoms with Gasteiger partial charge in [0.25, 0.3) is 0 Å². The van der Waals surface area contributed by atoms with E-state index in [1.54, 1.807) is 11.3 Å². The minimum absolute atomic E-state index is 0.541. The Labute approximate surface area is 70.0 Å². The molecule has 11 heavy (non-hydrogen) atoms. The van der Waals surface area contributed by atoms with Gasteiger partial charge in [-0.05, 0) is 17.9 Å². The molecule has 1 aliphatic heterocycles. The second-order valence-electron chi connectivity index (χ2n) is 2.72. The molecule has 2 rings (SSSR count). The summed E-state index contributed by atoms with van der Waals surface area (Å²) in [7, 11) is 0. The van der Waals surface area contributed by atoms with E-state index in [0.717, 1.165) is 25.3 Å². The van der Waals surface area contributed by atoms with Crippen LogP contribution in [0.25, 0.3) is 0 Å². The lowest BCUT2D eigenvalue weighted by molar-refractivity contribution is 0.272. The van der Waals surface area contributed by atoms with Crippen LogP contribution in [-0.4, -0.2) is 13.2 Å². The zero-order chi connectivity index (χ0) is 7.68. The molecular weight excluding hydrogens is 158 g/mol. The van der Waals surface area contributed by atoms with Crippen LogP contribution in [0.3, 0.4) is 0 Å². The summed E-state index contributed by atoms with van der Waals surface area (Å²) in [4.78, 5) is 1.33. The molecule has 60 valence electrons. The van der Waals surface area contributed by atoms with E-state index in [2.05, 4.69) is 5.38 Å². The van der Waals surface area contributed by atoms with Gasteiger partial charge in [0.15, 0.2) is 0 Å². The van der Waals surface area contributed by atoms with Gasteiger partial charge in [0.2, 0.25) is 0 Å². The van der Waals surface area contributed by atoms with Crippen LogP contribution in [-0.2, 0) is 0 Å². The summed E-state index contributed by atoms with van der Waals surface area (Å²) >= 11 is 1.75. The fourth-order valence-corrected chi connectivity index (χ4v) is 2.38. The van der Waals surface area contributed by atoms with Gasteiger partial charge < -0.3 is 10.5 Å². The van der Waals surface area contributed by atoms with E-state index in [1.807, 2.05) is 6.07 Å². The molecule has 0 bridgehead atoms. The first-order valence-corrected chi connectivity index (χ1v) is 4.70. The third kappa shape index (κ3) is 1.14. The highest BCUT2D eigenvalue weighted by molar-refractivity contribution is 7.10. The second kappa shape index (κ2) is 2.83. The van der Waals surface area contributed by atoms with Gasteiger partial charge in [-0.3, -0.25) is 0 Å². The maximum absolute atomic E-state index is 5.63. The summed E-state index contributed by atoms with van der Waals surface area (Å²) < 4.78 is 5.45. The summed E-state index contributed by atoms with van der Waals surface area (Å²) in [6.07, 6.45) is 1.07. The summed E-state index contributed by atoms with van der Waals surface area (Å²) in [6.45, 7) is 1.57. The number of hydrogen-bond acceptors (Lipinski definition) is 3. The molecule has 2 heterocycles. The third-order valence-corrected chi connectivity index (χ3v) is 3.10. The highest BCUT2D eigenvalue weighted by Gasteiger charge is 2.20. The maximum atomic E-state index is 5.63. The predicted octanol–water partition coefficient (Wildman–Crippen LogP) is 1.57. The van der Waals surface area contributed by atoms with Crippen LogP contribution in [0.15, 0.2) is 11.4 Å². The van der Waals surface area contributed by atoms with Crippen LogP contribution < -0.4 is 10.5 Å². The molecule has 0 fully saturated rings. The highest BCUT2D eigenvalue weighted by atomic mass is 32.1. The van der Waals surface area contributed by atoms with Crippen molar-refractivity contribution in [3.05, 3.63) is 16.3 Å². The molecule has 0 saturated heterocycles. The summed E-state index contributed by atoms with van der Waals surface area (Å²) in [5.74, 6) is 1.59. The minimum Gasteiger partial charge on any atom is -0.492 e. The van der Waals surface area contributed by atoms with E-state index in [0.29, 0.717) is 5.92 Å². The normalized spacial score (nSPS) is 22.5. The van der Waals surface area contributed by atoms with Gasteiger partial charge in [0.05, 0.1) is 11.5 Å². The molecule has 1 aliphatic rings. The van der Waals surface area contributed by atoms with Crippen LogP contribution in [0.5, 0.6) is 5.75 Å².